The van der Waals surface area contributed by atoms with E-state index in [4.69, 9.17) is 0 Å². The lowest BCUT2D eigenvalue weighted by atomic mass is 10.1. The van der Waals surface area contributed by atoms with Crippen molar-refractivity contribution in [1.29, 1.82) is 0 Å². The van der Waals surface area contributed by atoms with Crippen LogP contribution in [0.25, 0.3) is 10.9 Å². The predicted octanol–water partition coefficient (Wildman–Crippen LogP) is 4.74. The van der Waals surface area contributed by atoms with Gasteiger partial charge in [0.2, 0.25) is 0 Å². The van der Waals surface area contributed by atoms with Crippen LogP contribution in [0.15, 0.2) is 73.2 Å². The SMILES string of the molecule is Cc1cccc(NC(=O)c2c[nH]c3cccc(NCc4ccncc4)c23)c1. The van der Waals surface area contributed by atoms with Crippen molar-refractivity contribution in [2.24, 2.45) is 0 Å². The maximum Gasteiger partial charge on any atom is 0.257 e. The van der Waals surface area contributed by atoms with Crippen molar-refractivity contribution in [3.8, 4) is 0 Å². The van der Waals surface area contributed by atoms with Gasteiger partial charge in [0, 0.05) is 47.4 Å². The molecule has 1 amide bonds. The molecule has 27 heavy (non-hydrogen) atoms. The lowest BCUT2D eigenvalue weighted by molar-refractivity contribution is 0.102. The van der Waals surface area contributed by atoms with E-state index in [0.29, 0.717) is 12.1 Å². The van der Waals surface area contributed by atoms with Gasteiger partial charge < -0.3 is 15.6 Å². The van der Waals surface area contributed by atoms with E-state index in [9.17, 15) is 4.79 Å². The molecular weight excluding hydrogens is 336 g/mol. The number of rotatable bonds is 5. The molecule has 4 rings (SSSR count). The largest absolute Gasteiger partial charge is 0.380 e. The smallest absolute Gasteiger partial charge is 0.257 e. The Balaban J connectivity index is 1.62. The average molecular weight is 356 g/mol. The van der Waals surface area contributed by atoms with E-state index in [1.165, 1.54) is 0 Å². The van der Waals surface area contributed by atoms with Crippen molar-refractivity contribution in [3.63, 3.8) is 0 Å². The molecule has 2 aromatic carbocycles. The lowest BCUT2D eigenvalue weighted by Crippen LogP contribution is -2.12. The maximum absolute atomic E-state index is 12.9. The molecule has 5 nitrogen and oxygen atoms in total. The molecule has 0 aliphatic carbocycles. The van der Waals surface area contributed by atoms with Gasteiger partial charge in [-0.2, -0.15) is 0 Å². The van der Waals surface area contributed by atoms with E-state index >= 15 is 0 Å². The number of nitrogens with one attached hydrogen (secondary N) is 3. The number of aromatic amines is 1. The molecule has 0 bridgehead atoms. The Kier molecular flexibility index (Phi) is 4.58. The quantitative estimate of drug-likeness (QED) is 0.484. The molecule has 0 unspecified atom stereocenters. The number of carbonyl (C=O) groups is 1. The molecule has 4 aromatic rings. The lowest BCUT2D eigenvalue weighted by Gasteiger charge is -2.10. The summed E-state index contributed by atoms with van der Waals surface area (Å²) >= 11 is 0. The molecular formula is C22H20N4O. The Hall–Kier alpha value is -3.60. The van der Waals surface area contributed by atoms with E-state index in [2.05, 4.69) is 20.6 Å². The van der Waals surface area contributed by atoms with Crippen molar-refractivity contribution in [3.05, 3.63) is 89.9 Å². The Labute approximate surface area is 157 Å². The van der Waals surface area contributed by atoms with Gasteiger partial charge in [0.05, 0.1) is 5.56 Å². The van der Waals surface area contributed by atoms with E-state index in [1.807, 2.05) is 61.5 Å². The van der Waals surface area contributed by atoms with Crippen LogP contribution in [0.2, 0.25) is 0 Å². The van der Waals surface area contributed by atoms with E-state index in [1.54, 1.807) is 18.6 Å². The summed E-state index contributed by atoms with van der Waals surface area (Å²) in [6.45, 7) is 2.66. The molecule has 2 aromatic heterocycles. The Morgan fingerprint density at radius 3 is 2.70 bits per heavy atom. The fourth-order valence-electron chi connectivity index (χ4n) is 3.13. The van der Waals surface area contributed by atoms with Crippen molar-refractivity contribution in [2.45, 2.75) is 13.5 Å². The van der Waals surface area contributed by atoms with Crippen LogP contribution < -0.4 is 10.6 Å². The highest BCUT2D eigenvalue weighted by Gasteiger charge is 2.15. The molecule has 0 atom stereocenters. The van der Waals surface area contributed by atoms with Crippen molar-refractivity contribution in [1.82, 2.24) is 9.97 Å². The number of aromatic nitrogens is 2. The highest BCUT2D eigenvalue weighted by molar-refractivity contribution is 6.15. The Bertz CT molecular complexity index is 1090. The van der Waals surface area contributed by atoms with Gasteiger partial charge in [0.1, 0.15) is 0 Å². The minimum atomic E-state index is -0.134. The number of aryl methyl sites for hydroxylation is 1. The monoisotopic (exact) mass is 356 g/mol. The standard InChI is InChI=1S/C22H20N4O/c1-15-4-2-5-17(12-15)26-22(27)18-14-25-20-7-3-6-19(21(18)20)24-13-16-8-10-23-11-9-16/h2-12,14,24-25H,13H2,1H3,(H,26,27). The first-order valence-corrected chi connectivity index (χ1v) is 8.81. The molecule has 5 heteroatoms. The number of hydrogen-bond acceptors (Lipinski definition) is 3. The highest BCUT2D eigenvalue weighted by Crippen LogP contribution is 2.28. The third-order valence-electron chi connectivity index (χ3n) is 4.46. The Morgan fingerprint density at radius 2 is 1.89 bits per heavy atom. The number of anilines is 2. The molecule has 2 heterocycles. The normalized spacial score (nSPS) is 10.7. The highest BCUT2D eigenvalue weighted by atomic mass is 16.1. The van der Waals surface area contributed by atoms with Gasteiger partial charge in [-0.25, -0.2) is 0 Å². The van der Waals surface area contributed by atoms with Crippen molar-refractivity contribution >= 4 is 28.2 Å². The fraction of sp³-hybridized carbons (Fsp3) is 0.0909. The number of amides is 1. The summed E-state index contributed by atoms with van der Waals surface area (Å²) in [5, 5.41) is 7.30. The van der Waals surface area contributed by atoms with Crippen LogP contribution in [0.3, 0.4) is 0 Å². The molecule has 0 saturated heterocycles. The third-order valence-corrected chi connectivity index (χ3v) is 4.46. The van der Waals surface area contributed by atoms with Gasteiger partial charge in [-0.3, -0.25) is 9.78 Å². The average Bonchev–Trinajstić information content (AvgIpc) is 3.12. The summed E-state index contributed by atoms with van der Waals surface area (Å²) in [4.78, 5) is 20.1. The van der Waals surface area contributed by atoms with E-state index < -0.39 is 0 Å². The minimum absolute atomic E-state index is 0.134. The summed E-state index contributed by atoms with van der Waals surface area (Å²) < 4.78 is 0. The number of H-pyrrole nitrogens is 1. The number of pyridine rings is 1. The third kappa shape index (κ3) is 3.67. The zero-order valence-corrected chi connectivity index (χ0v) is 15.0. The van der Waals surface area contributed by atoms with Crippen LogP contribution in [-0.4, -0.2) is 15.9 Å². The summed E-state index contributed by atoms with van der Waals surface area (Å²) in [5.74, 6) is -0.134. The van der Waals surface area contributed by atoms with Gasteiger partial charge in [0.25, 0.3) is 5.91 Å². The first-order chi connectivity index (χ1) is 13.2. The molecule has 0 fully saturated rings. The second kappa shape index (κ2) is 7.33. The van der Waals surface area contributed by atoms with Gasteiger partial charge in [0.15, 0.2) is 0 Å². The molecule has 0 spiro atoms. The van der Waals surface area contributed by atoms with Crippen LogP contribution in [0.1, 0.15) is 21.5 Å². The van der Waals surface area contributed by atoms with Gasteiger partial charge >= 0.3 is 0 Å². The number of benzene rings is 2. The molecule has 0 aliphatic rings. The Morgan fingerprint density at radius 1 is 1.07 bits per heavy atom. The summed E-state index contributed by atoms with van der Waals surface area (Å²) in [6, 6.07) is 17.6. The van der Waals surface area contributed by atoms with Gasteiger partial charge in [-0.05, 0) is 54.4 Å². The van der Waals surface area contributed by atoms with Crippen molar-refractivity contribution < 1.29 is 4.79 Å². The predicted molar refractivity (Wildman–Crippen MR) is 109 cm³/mol. The van der Waals surface area contributed by atoms with Crippen LogP contribution >= 0.6 is 0 Å². The second-order valence-corrected chi connectivity index (χ2v) is 6.46. The summed E-state index contributed by atoms with van der Waals surface area (Å²) in [6.07, 6.45) is 5.30. The zero-order chi connectivity index (χ0) is 18.6. The summed E-state index contributed by atoms with van der Waals surface area (Å²) in [7, 11) is 0. The van der Waals surface area contributed by atoms with E-state index in [-0.39, 0.29) is 5.91 Å². The van der Waals surface area contributed by atoms with Crippen LogP contribution in [-0.2, 0) is 6.54 Å². The molecule has 3 N–H and O–H groups in total. The van der Waals surface area contributed by atoms with Crippen molar-refractivity contribution in [2.75, 3.05) is 10.6 Å². The first kappa shape index (κ1) is 16.8. The summed E-state index contributed by atoms with van der Waals surface area (Å²) in [5.41, 5.74) is 5.47. The number of hydrogen-bond donors (Lipinski definition) is 3. The molecule has 0 saturated carbocycles. The van der Waals surface area contributed by atoms with Crippen LogP contribution in [0, 0.1) is 6.92 Å². The van der Waals surface area contributed by atoms with Gasteiger partial charge in [-0.15, -0.1) is 0 Å². The van der Waals surface area contributed by atoms with E-state index in [0.717, 1.165) is 33.4 Å². The van der Waals surface area contributed by atoms with Gasteiger partial charge in [-0.1, -0.05) is 18.2 Å². The second-order valence-electron chi connectivity index (χ2n) is 6.46. The molecule has 0 radical (unpaired) electrons. The maximum atomic E-state index is 12.9. The fourth-order valence-corrected chi connectivity index (χ4v) is 3.13. The number of carbonyl (C=O) groups excluding carboxylic acids is 1. The zero-order valence-electron chi connectivity index (χ0n) is 15.0. The molecule has 0 aliphatic heterocycles. The van der Waals surface area contributed by atoms with Crippen LogP contribution in [0.4, 0.5) is 11.4 Å². The first-order valence-electron chi connectivity index (χ1n) is 8.81. The minimum Gasteiger partial charge on any atom is -0.380 e. The molecule has 134 valence electrons. The number of fused-ring (bicyclic) bond motifs is 1. The van der Waals surface area contributed by atoms with Crippen LogP contribution in [0.5, 0.6) is 0 Å². The topological polar surface area (TPSA) is 69.8 Å². The number of nitrogens with zero attached hydrogens (tertiary/aromatic N) is 1.